The number of aromatic nitrogens is 3. The van der Waals surface area contributed by atoms with E-state index in [1.807, 2.05) is 48.7 Å². The highest BCUT2D eigenvalue weighted by Crippen LogP contribution is 2.33. The summed E-state index contributed by atoms with van der Waals surface area (Å²) < 4.78 is 12.1. The SMILES string of the molecule is Cc1cc(Nc2ncnc3cccc(OC[C@H]4CCCN4C(=O)CO)c23)ccc1OCc1cscn1. The Labute approximate surface area is 212 Å². The van der Waals surface area contributed by atoms with Crippen LogP contribution in [0.3, 0.4) is 0 Å². The van der Waals surface area contributed by atoms with Gasteiger partial charge in [-0.15, -0.1) is 11.3 Å². The highest BCUT2D eigenvalue weighted by atomic mass is 32.1. The lowest BCUT2D eigenvalue weighted by atomic mass is 10.1. The van der Waals surface area contributed by atoms with E-state index >= 15 is 0 Å². The van der Waals surface area contributed by atoms with Crippen molar-refractivity contribution in [3.8, 4) is 11.5 Å². The number of amides is 1. The molecule has 0 bridgehead atoms. The number of likely N-dealkylation sites (tertiary alicyclic amines) is 1. The molecule has 36 heavy (non-hydrogen) atoms. The van der Waals surface area contributed by atoms with E-state index in [9.17, 15) is 9.90 Å². The third kappa shape index (κ3) is 5.24. The summed E-state index contributed by atoms with van der Waals surface area (Å²) in [6.07, 6.45) is 3.26. The van der Waals surface area contributed by atoms with Gasteiger partial charge in [0.2, 0.25) is 5.91 Å². The molecule has 1 aliphatic heterocycles. The molecule has 9 nitrogen and oxygen atoms in total. The fraction of sp³-hybridized carbons (Fsp3) is 0.308. The average molecular weight is 506 g/mol. The van der Waals surface area contributed by atoms with Crippen LogP contribution in [-0.2, 0) is 11.4 Å². The normalized spacial score (nSPS) is 15.3. The highest BCUT2D eigenvalue weighted by Gasteiger charge is 2.29. The van der Waals surface area contributed by atoms with Gasteiger partial charge in [0.1, 0.15) is 43.5 Å². The van der Waals surface area contributed by atoms with Gasteiger partial charge < -0.3 is 24.8 Å². The maximum absolute atomic E-state index is 12.0. The summed E-state index contributed by atoms with van der Waals surface area (Å²) >= 11 is 1.55. The molecular weight excluding hydrogens is 478 g/mol. The minimum atomic E-state index is -0.485. The van der Waals surface area contributed by atoms with Crippen molar-refractivity contribution in [3.63, 3.8) is 0 Å². The summed E-state index contributed by atoms with van der Waals surface area (Å²) in [4.78, 5) is 26.9. The number of nitrogens with one attached hydrogen (secondary N) is 1. The standard InChI is InChI=1S/C26H27N5O4S/c1-17-10-18(7-8-22(17)34-12-19-14-36-16-29-19)30-26-25-21(27-15-28-26)5-2-6-23(25)35-13-20-4-3-9-31(20)24(33)11-32/h2,5-8,10,14-16,20,32H,3-4,9,11-13H2,1H3,(H,27,28,30)/t20-/m1/s1. The summed E-state index contributed by atoms with van der Waals surface area (Å²) in [6, 6.07) is 11.5. The van der Waals surface area contributed by atoms with Crippen molar-refractivity contribution >= 4 is 39.7 Å². The lowest BCUT2D eigenvalue weighted by molar-refractivity contribution is -0.135. The highest BCUT2D eigenvalue weighted by molar-refractivity contribution is 7.07. The fourth-order valence-corrected chi connectivity index (χ4v) is 4.94. The number of thiazole rings is 1. The third-order valence-corrected chi connectivity index (χ3v) is 6.82. The fourth-order valence-electron chi connectivity index (χ4n) is 4.39. The van der Waals surface area contributed by atoms with Gasteiger partial charge in [-0.25, -0.2) is 15.0 Å². The van der Waals surface area contributed by atoms with Crippen LogP contribution in [0.4, 0.5) is 11.5 Å². The number of ether oxygens (including phenoxy) is 2. The Balaban J connectivity index is 1.34. The number of hydrogen-bond donors (Lipinski definition) is 2. The Bertz CT molecular complexity index is 1340. The molecule has 186 valence electrons. The van der Waals surface area contributed by atoms with Crippen LogP contribution < -0.4 is 14.8 Å². The van der Waals surface area contributed by atoms with E-state index in [0.717, 1.165) is 46.4 Å². The lowest BCUT2D eigenvalue weighted by Gasteiger charge is -2.24. The molecular formula is C26H27N5O4S. The molecule has 2 aromatic heterocycles. The number of hydrogen-bond acceptors (Lipinski definition) is 9. The number of aliphatic hydroxyl groups excluding tert-OH is 1. The van der Waals surface area contributed by atoms with Gasteiger partial charge in [-0.1, -0.05) is 6.07 Å². The van der Waals surface area contributed by atoms with Crippen LogP contribution in [-0.4, -0.2) is 56.7 Å². The van der Waals surface area contributed by atoms with Gasteiger partial charge in [-0.3, -0.25) is 4.79 Å². The molecule has 4 aromatic rings. The van der Waals surface area contributed by atoms with E-state index in [-0.39, 0.29) is 11.9 Å². The molecule has 1 fully saturated rings. The van der Waals surface area contributed by atoms with Gasteiger partial charge in [-0.2, -0.15) is 0 Å². The first-order valence-corrected chi connectivity index (χ1v) is 12.7. The number of fused-ring (bicyclic) bond motifs is 1. The Morgan fingerprint density at radius 1 is 1.19 bits per heavy atom. The molecule has 1 amide bonds. The first-order chi connectivity index (χ1) is 17.6. The maximum Gasteiger partial charge on any atom is 0.248 e. The maximum atomic E-state index is 12.0. The van der Waals surface area contributed by atoms with Crippen LogP contribution in [0.5, 0.6) is 11.5 Å². The number of carbonyl (C=O) groups excluding carboxylic acids is 1. The summed E-state index contributed by atoms with van der Waals surface area (Å²) in [5.74, 6) is 1.79. The molecule has 5 rings (SSSR count). The second kappa shape index (κ2) is 10.9. The second-order valence-electron chi connectivity index (χ2n) is 8.60. The molecule has 2 aromatic carbocycles. The Kier molecular flexibility index (Phi) is 7.24. The van der Waals surface area contributed by atoms with Crippen molar-refractivity contribution < 1.29 is 19.4 Å². The number of anilines is 2. The molecule has 0 radical (unpaired) electrons. The number of rotatable bonds is 9. The van der Waals surface area contributed by atoms with E-state index in [1.165, 1.54) is 6.33 Å². The summed E-state index contributed by atoms with van der Waals surface area (Å²) in [6.45, 7) is 2.91. The number of aryl methyl sites for hydroxylation is 1. The van der Waals surface area contributed by atoms with Crippen molar-refractivity contribution in [1.29, 1.82) is 0 Å². The van der Waals surface area contributed by atoms with Gasteiger partial charge in [0.05, 0.1) is 28.1 Å². The van der Waals surface area contributed by atoms with E-state index in [4.69, 9.17) is 9.47 Å². The summed E-state index contributed by atoms with van der Waals surface area (Å²) in [5.41, 5.74) is 5.29. The van der Waals surface area contributed by atoms with Gasteiger partial charge in [0.25, 0.3) is 0 Å². The molecule has 2 N–H and O–H groups in total. The number of benzene rings is 2. The molecule has 1 saturated heterocycles. The number of nitrogens with zero attached hydrogens (tertiary/aromatic N) is 4. The Hall–Kier alpha value is -3.76. The zero-order valence-electron chi connectivity index (χ0n) is 19.9. The Morgan fingerprint density at radius 2 is 2.11 bits per heavy atom. The van der Waals surface area contributed by atoms with Crippen LogP contribution in [0.25, 0.3) is 10.9 Å². The smallest absolute Gasteiger partial charge is 0.248 e. The van der Waals surface area contributed by atoms with Crippen molar-refractivity contribution in [2.45, 2.75) is 32.4 Å². The number of carbonyl (C=O) groups is 1. The van der Waals surface area contributed by atoms with Gasteiger partial charge in [-0.05, 0) is 55.7 Å². The molecule has 0 spiro atoms. The zero-order chi connectivity index (χ0) is 24.9. The van der Waals surface area contributed by atoms with E-state index in [1.54, 1.807) is 21.7 Å². The van der Waals surface area contributed by atoms with Crippen LogP contribution in [0, 0.1) is 6.92 Å². The Morgan fingerprint density at radius 3 is 2.92 bits per heavy atom. The summed E-state index contributed by atoms with van der Waals surface area (Å²) in [5, 5.41) is 15.4. The molecule has 3 heterocycles. The minimum Gasteiger partial charge on any atom is -0.491 e. The van der Waals surface area contributed by atoms with Gasteiger partial charge in [0.15, 0.2) is 0 Å². The monoisotopic (exact) mass is 505 g/mol. The van der Waals surface area contributed by atoms with Crippen LogP contribution in [0.2, 0.25) is 0 Å². The minimum absolute atomic E-state index is 0.0691. The predicted octanol–water partition coefficient (Wildman–Crippen LogP) is 4.08. The molecule has 1 atom stereocenters. The van der Waals surface area contributed by atoms with Crippen molar-refractivity contribution in [2.24, 2.45) is 0 Å². The first kappa shape index (κ1) is 24.0. The van der Waals surface area contributed by atoms with Crippen LogP contribution >= 0.6 is 11.3 Å². The van der Waals surface area contributed by atoms with E-state index in [0.29, 0.717) is 31.3 Å². The lowest BCUT2D eigenvalue weighted by Crippen LogP contribution is -2.40. The first-order valence-electron chi connectivity index (χ1n) is 11.8. The largest absolute Gasteiger partial charge is 0.491 e. The average Bonchev–Trinajstić information content (AvgIpc) is 3.59. The zero-order valence-corrected chi connectivity index (χ0v) is 20.7. The van der Waals surface area contributed by atoms with E-state index < -0.39 is 6.61 Å². The molecule has 10 heteroatoms. The van der Waals surface area contributed by atoms with Gasteiger partial charge in [0, 0.05) is 17.6 Å². The third-order valence-electron chi connectivity index (χ3n) is 6.19. The quantitative estimate of drug-likeness (QED) is 0.350. The second-order valence-corrected chi connectivity index (χ2v) is 9.32. The van der Waals surface area contributed by atoms with Gasteiger partial charge >= 0.3 is 0 Å². The predicted molar refractivity (Wildman–Crippen MR) is 138 cm³/mol. The van der Waals surface area contributed by atoms with Crippen molar-refractivity contribution in [2.75, 3.05) is 25.1 Å². The van der Waals surface area contributed by atoms with E-state index in [2.05, 4.69) is 20.3 Å². The molecule has 0 aliphatic carbocycles. The van der Waals surface area contributed by atoms with Crippen molar-refractivity contribution in [1.82, 2.24) is 19.9 Å². The van der Waals surface area contributed by atoms with Crippen LogP contribution in [0.15, 0.2) is 53.6 Å². The topological polar surface area (TPSA) is 110 Å². The van der Waals surface area contributed by atoms with Crippen LogP contribution in [0.1, 0.15) is 24.1 Å². The summed E-state index contributed by atoms with van der Waals surface area (Å²) in [7, 11) is 0. The molecule has 1 aliphatic rings. The molecule has 0 unspecified atom stereocenters. The number of aliphatic hydroxyl groups is 1. The molecule has 0 saturated carbocycles. The van der Waals surface area contributed by atoms with Crippen molar-refractivity contribution in [3.05, 3.63) is 64.9 Å².